The number of hydrogen-bond acceptors (Lipinski definition) is 2. The Kier molecular flexibility index (Phi) is 5.23. The second-order valence-electron chi connectivity index (χ2n) is 5.74. The van der Waals surface area contributed by atoms with Crippen LogP contribution in [0.3, 0.4) is 0 Å². The Balaban J connectivity index is 0.00000196. The molecule has 0 unspecified atom stereocenters. The van der Waals surface area contributed by atoms with Gasteiger partial charge in [0.2, 0.25) is 0 Å². The topological polar surface area (TPSA) is 50.7 Å². The maximum absolute atomic E-state index is 12.8. The molecule has 7 heteroatoms. The Labute approximate surface area is 169 Å². The number of fused-ring (bicyclic) bond motifs is 1. The van der Waals surface area contributed by atoms with E-state index < -0.39 is 0 Å². The van der Waals surface area contributed by atoms with Crippen molar-refractivity contribution in [3.05, 3.63) is 80.3 Å². The van der Waals surface area contributed by atoms with Crippen LogP contribution in [0.4, 0.5) is 0 Å². The molecule has 26 heavy (non-hydrogen) atoms. The molecule has 1 N–H and O–H groups in total. The molecular weight excluding hydrogens is 437 g/mol. The zero-order valence-corrected chi connectivity index (χ0v) is 16.8. The van der Waals surface area contributed by atoms with Crippen molar-refractivity contribution >= 4 is 50.8 Å². The number of pyridine rings is 1. The van der Waals surface area contributed by atoms with Crippen LogP contribution in [0, 0.1) is 6.92 Å². The van der Waals surface area contributed by atoms with Crippen LogP contribution in [0.1, 0.15) is 5.69 Å². The lowest BCUT2D eigenvalue weighted by Gasteiger charge is -2.07. The van der Waals surface area contributed by atoms with Gasteiger partial charge in [-0.25, -0.2) is 4.68 Å². The van der Waals surface area contributed by atoms with Crippen LogP contribution in [-0.2, 0) is 0 Å². The quantitative estimate of drug-likeness (QED) is 0.436. The second kappa shape index (κ2) is 7.27. The number of aromatic nitrogens is 3. The maximum Gasteiger partial charge on any atom is 0.280 e. The molecule has 0 amide bonds. The van der Waals surface area contributed by atoms with Gasteiger partial charge in [0.25, 0.3) is 5.56 Å². The molecular formula is C19H14BrCl2N3O. The summed E-state index contributed by atoms with van der Waals surface area (Å²) < 4.78 is 2.52. The van der Waals surface area contributed by atoms with Gasteiger partial charge in [0.05, 0.1) is 16.6 Å². The molecule has 0 fully saturated rings. The predicted octanol–water partition coefficient (Wildman–Crippen LogP) is 5.53. The highest BCUT2D eigenvalue weighted by atomic mass is 79.9. The molecule has 2 aromatic heterocycles. The highest BCUT2D eigenvalue weighted by Gasteiger charge is 2.15. The number of aryl methyl sites for hydroxylation is 1. The first-order valence-corrected chi connectivity index (χ1v) is 8.84. The zero-order valence-electron chi connectivity index (χ0n) is 13.7. The molecule has 0 saturated heterocycles. The van der Waals surface area contributed by atoms with E-state index in [9.17, 15) is 4.79 Å². The number of nitrogens with one attached hydrogen (secondary N) is 1. The Morgan fingerprint density at radius 2 is 1.73 bits per heavy atom. The van der Waals surface area contributed by atoms with Gasteiger partial charge in [-0.1, -0.05) is 39.7 Å². The van der Waals surface area contributed by atoms with Crippen molar-refractivity contribution in [3.8, 4) is 16.8 Å². The predicted molar refractivity (Wildman–Crippen MR) is 112 cm³/mol. The molecule has 0 atom stereocenters. The van der Waals surface area contributed by atoms with Gasteiger partial charge in [0, 0.05) is 26.9 Å². The van der Waals surface area contributed by atoms with Gasteiger partial charge < -0.3 is 0 Å². The minimum atomic E-state index is -0.136. The van der Waals surface area contributed by atoms with Crippen LogP contribution >= 0.6 is 39.9 Å². The summed E-state index contributed by atoms with van der Waals surface area (Å²) in [4.78, 5) is 17.2. The van der Waals surface area contributed by atoms with E-state index in [1.807, 2.05) is 31.2 Å². The van der Waals surface area contributed by atoms with E-state index in [4.69, 9.17) is 11.6 Å². The van der Waals surface area contributed by atoms with Gasteiger partial charge in [-0.3, -0.25) is 14.9 Å². The molecule has 0 aliphatic rings. The highest BCUT2D eigenvalue weighted by Crippen LogP contribution is 2.29. The Hall–Kier alpha value is -2.08. The number of hydrogen-bond donors (Lipinski definition) is 1. The summed E-state index contributed by atoms with van der Waals surface area (Å²) in [5.74, 6) is 0. The summed E-state index contributed by atoms with van der Waals surface area (Å²) in [6.07, 6.45) is 1.62. The second-order valence-corrected chi connectivity index (χ2v) is 7.10. The molecule has 0 bridgehead atoms. The summed E-state index contributed by atoms with van der Waals surface area (Å²) >= 11 is 9.40. The summed E-state index contributed by atoms with van der Waals surface area (Å²) in [7, 11) is 0. The van der Waals surface area contributed by atoms with Crippen molar-refractivity contribution in [1.82, 2.24) is 14.8 Å². The van der Waals surface area contributed by atoms with Gasteiger partial charge in [-0.15, -0.1) is 12.4 Å². The van der Waals surface area contributed by atoms with Crippen molar-refractivity contribution in [2.24, 2.45) is 0 Å². The fraction of sp³-hybridized carbons (Fsp3) is 0.0526. The standard InChI is InChI=1S/C19H13BrClN3O.ClH/c1-11-17(12-2-4-13(20)5-3-12)18-16(10-22-11)19(25)24(23-18)15-8-6-14(21)7-9-15;/h2-10,23H,1H3;1H. The molecule has 0 spiro atoms. The van der Waals surface area contributed by atoms with Crippen LogP contribution in [0.5, 0.6) is 0 Å². The number of halogens is 3. The molecule has 4 nitrogen and oxygen atoms in total. The first-order valence-electron chi connectivity index (χ1n) is 7.67. The third kappa shape index (κ3) is 3.18. The summed E-state index contributed by atoms with van der Waals surface area (Å²) in [5.41, 5.74) is 4.15. The molecule has 132 valence electrons. The molecule has 0 saturated carbocycles. The van der Waals surface area contributed by atoms with E-state index in [1.54, 1.807) is 30.5 Å². The van der Waals surface area contributed by atoms with Crippen LogP contribution in [0.15, 0.2) is 64.0 Å². The van der Waals surface area contributed by atoms with Crippen LogP contribution in [0.2, 0.25) is 5.02 Å². The fourth-order valence-electron chi connectivity index (χ4n) is 2.91. The van der Waals surface area contributed by atoms with Gasteiger partial charge in [-0.05, 0) is 48.9 Å². The monoisotopic (exact) mass is 449 g/mol. The van der Waals surface area contributed by atoms with Crippen molar-refractivity contribution < 1.29 is 0 Å². The van der Waals surface area contributed by atoms with Gasteiger partial charge in [0.15, 0.2) is 0 Å². The van der Waals surface area contributed by atoms with E-state index in [-0.39, 0.29) is 18.0 Å². The lowest BCUT2D eigenvalue weighted by Crippen LogP contribution is -2.14. The van der Waals surface area contributed by atoms with Gasteiger partial charge in [-0.2, -0.15) is 0 Å². The van der Waals surface area contributed by atoms with Crippen molar-refractivity contribution in [1.29, 1.82) is 0 Å². The zero-order chi connectivity index (χ0) is 17.6. The highest BCUT2D eigenvalue weighted by molar-refractivity contribution is 9.10. The molecule has 2 heterocycles. The molecule has 4 aromatic rings. The Morgan fingerprint density at radius 3 is 2.38 bits per heavy atom. The summed E-state index contributed by atoms with van der Waals surface area (Å²) in [5, 5.41) is 4.41. The first kappa shape index (κ1) is 18.7. The lowest BCUT2D eigenvalue weighted by atomic mass is 10.0. The Morgan fingerprint density at radius 1 is 1.08 bits per heavy atom. The Bertz CT molecular complexity index is 1130. The van der Waals surface area contributed by atoms with Crippen LogP contribution in [0.25, 0.3) is 27.7 Å². The summed E-state index contributed by atoms with van der Waals surface area (Å²) in [6, 6.07) is 15.1. The third-order valence-corrected chi connectivity index (χ3v) is 4.92. The minimum absolute atomic E-state index is 0. The van der Waals surface area contributed by atoms with E-state index in [0.717, 1.165) is 32.5 Å². The largest absolute Gasteiger partial charge is 0.290 e. The van der Waals surface area contributed by atoms with Crippen molar-refractivity contribution in [3.63, 3.8) is 0 Å². The third-order valence-electron chi connectivity index (χ3n) is 4.14. The van der Waals surface area contributed by atoms with E-state index in [0.29, 0.717) is 10.4 Å². The van der Waals surface area contributed by atoms with E-state index in [2.05, 4.69) is 26.0 Å². The van der Waals surface area contributed by atoms with E-state index in [1.165, 1.54) is 4.68 Å². The molecule has 0 aliphatic carbocycles. The van der Waals surface area contributed by atoms with Crippen LogP contribution < -0.4 is 5.56 Å². The average molecular weight is 451 g/mol. The maximum atomic E-state index is 12.8. The average Bonchev–Trinajstić information content (AvgIpc) is 2.93. The molecule has 0 radical (unpaired) electrons. The van der Waals surface area contributed by atoms with E-state index >= 15 is 0 Å². The van der Waals surface area contributed by atoms with Gasteiger partial charge >= 0.3 is 0 Å². The smallest absolute Gasteiger partial charge is 0.280 e. The summed E-state index contributed by atoms with van der Waals surface area (Å²) in [6.45, 7) is 1.94. The number of aromatic amines is 1. The first-order chi connectivity index (χ1) is 12.0. The number of H-pyrrole nitrogens is 1. The lowest BCUT2D eigenvalue weighted by molar-refractivity contribution is 0.864. The molecule has 0 aliphatic heterocycles. The molecule has 2 aromatic carbocycles. The molecule has 4 rings (SSSR count). The number of rotatable bonds is 2. The van der Waals surface area contributed by atoms with Crippen molar-refractivity contribution in [2.75, 3.05) is 0 Å². The fourth-order valence-corrected chi connectivity index (χ4v) is 3.30. The van der Waals surface area contributed by atoms with Crippen LogP contribution in [-0.4, -0.2) is 14.8 Å². The van der Waals surface area contributed by atoms with Crippen molar-refractivity contribution in [2.45, 2.75) is 6.92 Å². The number of benzene rings is 2. The minimum Gasteiger partial charge on any atom is -0.290 e. The SMILES string of the molecule is Cc1ncc2c(=O)n(-c3ccc(Cl)cc3)[nH]c2c1-c1ccc(Br)cc1.Cl. The normalized spacial score (nSPS) is 10.7. The number of nitrogens with zero attached hydrogens (tertiary/aromatic N) is 2. The van der Waals surface area contributed by atoms with Gasteiger partial charge in [0.1, 0.15) is 0 Å².